The number of hydrogen-bond donors (Lipinski definition) is 1. The molecule has 0 saturated carbocycles. The van der Waals surface area contributed by atoms with Crippen LogP contribution in [0.25, 0.3) is 10.2 Å². The highest BCUT2D eigenvalue weighted by atomic mass is 32.1. The summed E-state index contributed by atoms with van der Waals surface area (Å²) in [5, 5.41) is 3.55. The molecule has 0 unspecified atom stereocenters. The van der Waals surface area contributed by atoms with Crippen LogP contribution in [-0.2, 0) is 6.54 Å². The Kier molecular flexibility index (Phi) is 4.51. The van der Waals surface area contributed by atoms with E-state index in [2.05, 4.69) is 28.8 Å². The zero-order chi connectivity index (χ0) is 17.4. The van der Waals surface area contributed by atoms with Gasteiger partial charge in [0.1, 0.15) is 4.83 Å². The number of nitrogens with one attached hydrogen (secondary N) is 1. The van der Waals surface area contributed by atoms with Crippen molar-refractivity contribution in [3.8, 4) is 0 Å². The number of carbonyl (C=O) groups is 1. The maximum Gasteiger partial charge on any atom is 0.264 e. The number of carbonyl (C=O) groups excluding carboxylic acids is 1. The molecule has 3 heterocycles. The molecule has 0 atom stereocenters. The summed E-state index contributed by atoms with van der Waals surface area (Å²) >= 11 is 2.87. The molecule has 3 aromatic heterocycles. The van der Waals surface area contributed by atoms with Crippen molar-refractivity contribution in [3.05, 3.63) is 43.2 Å². The Labute approximate surface area is 147 Å². The lowest BCUT2D eigenvalue weighted by molar-refractivity contribution is 0.0788. The molecule has 1 amide bonds. The lowest BCUT2D eigenvalue weighted by Crippen LogP contribution is -2.26. The van der Waals surface area contributed by atoms with E-state index in [4.69, 9.17) is 0 Å². The third kappa shape index (κ3) is 2.99. The van der Waals surface area contributed by atoms with Crippen LogP contribution < -0.4 is 5.56 Å². The fourth-order valence-corrected chi connectivity index (χ4v) is 4.40. The minimum atomic E-state index is -0.212. The van der Waals surface area contributed by atoms with E-state index in [0.717, 1.165) is 10.7 Å². The van der Waals surface area contributed by atoms with Gasteiger partial charge in [-0.3, -0.25) is 9.59 Å². The van der Waals surface area contributed by atoms with Gasteiger partial charge in [-0.25, -0.2) is 9.97 Å². The van der Waals surface area contributed by atoms with E-state index in [0.29, 0.717) is 33.1 Å². The average molecular weight is 362 g/mol. The number of aromatic nitrogens is 3. The van der Waals surface area contributed by atoms with Crippen molar-refractivity contribution in [1.82, 2.24) is 19.9 Å². The Morgan fingerprint density at radius 2 is 2.17 bits per heavy atom. The first-order chi connectivity index (χ1) is 11.4. The van der Waals surface area contributed by atoms with Crippen molar-refractivity contribution in [2.45, 2.75) is 33.2 Å². The van der Waals surface area contributed by atoms with Crippen LogP contribution in [0.15, 0.2) is 16.5 Å². The van der Waals surface area contributed by atoms with Crippen LogP contribution in [0.5, 0.6) is 0 Å². The van der Waals surface area contributed by atoms with Gasteiger partial charge in [0.15, 0.2) is 0 Å². The second-order valence-electron chi connectivity index (χ2n) is 5.96. The third-order valence-corrected chi connectivity index (χ3v) is 6.12. The van der Waals surface area contributed by atoms with E-state index in [9.17, 15) is 9.59 Å². The molecule has 3 rings (SSSR count). The number of thiophene rings is 1. The molecule has 3 aromatic rings. The summed E-state index contributed by atoms with van der Waals surface area (Å²) in [6, 6.07) is 0. The highest BCUT2D eigenvalue weighted by Gasteiger charge is 2.21. The van der Waals surface area contributed by atoms with Crippen LogP contribution in [0.3, 0.4) is 0 Å². The van der Waals surface area contributed by atoms with Crippen LogP contribution in [0.1, 0.15) is 45.7 Å². The van der Waals surface area contributed by atoms with Gasteiger partial charge in [-0.1, -0.05) is 13.8 Å². The number of nitrogens with zero attached hydrogens (tertiary/aromatic N) is 3. The highest BCUT2D eigenvalue weighted by Crippen LogP contribution is 2.28. The Morgan fingerprint density at radius 3 is 2.79 bits per heavy atom. The molecule has 6 nitrogen and oxygen atoms in total. The first kappa shape index (κ1) is 16.8. The second kappa shape index (κ2) is 6.45. The number of H-pyrrole nitrogens is 1. The van der Waals surface area contributed by atoms with Gasteiger partial charge in [-0.05, 0) is 12.5 Å². The van der Waals surface area contributed by atoms with E-state index in [-0.39, 0.29) is 11.5 Å². The zero-order valence-electron chi connectivity index (χ0n) is 13.9. The van der Waals surface area contributed by atoms with Crippen LogP contribution in [0, 0.1) is 6.92 Å². The molecule has 0 aliphatic rings. The normalized spacial score (nSPS) is 11.4. The van der Waals surface area contributed by atoms with E-state index in [1.54, 1.807) is 30.2 Å². The number of thiazole rings is 1. The van der Waals surface area contributed by atoms with E-state index in [1.165, 1.54) is 17.7 Å². The molecule has 24 heavy (non-hydrogen) atoms. The predicted octanol–water partition coefficient (Wildman–Crippen LogP) is 3.15. The lowest BCUT2D eigenvalue weighted by Gasteiger charge is -2.15. The van der Waals surface area contributed by atoms with E-state index < -0.39 is 0 Å². The molecule has 0 radical (unpaired) electrons. The van der Waals surface area contributed by atoms with Gasteiger partial charge in [0, 0.05) is 18.3 Å². The topological polar surface area (TPSA) is 79.0 Å². The van der Waals surface area contributed by atoms with Crippen molar-refractivity contribution in [1.29, 1.82) is 0 Å². The molecule has 0 saturated heterocycles. The maximum absolute atomic E-state index is 12.8. The maximum atomic E-state index is 12.8. The smallest absolute Gasteiger partial charge is 0.264 e. The van der Waals surface area contributed by atoms with Gasteiger partial charge in [0.05, 0.1) is 33.8 Å². The lowest BCUT2D eigenvalue weighted by atomic mass is 10.2. The van der Waals surface area contributed by atoms with Crippen molar-refractivity contribution in [3.63, 3.8) is 0 Å². The first-order valence-electron chi connectivity index (χ1n) is 7.55. The van der Waals surface area contributed by atoms with Gasteiger partial charge in [-0.15, -0.1) is 22.7 Å². The summed E-state index contributed by atoms with van der Waals surface area (Å²) in [4.78, 5) is 38.7. The third-order valence-electron chi connectivity index (χ3n) is 3.74. The summed E-state index contributed by atoms with van der Waals surface area (Å²) in [6.45, 7) is 6.43. The van der Waals surface area contributed by atoms with Crippen LogP contribution >= 0.6 is 22.7 Å². The minimum Gasteiger partial charge on any atom is -0.335 e. The summed E-state index contributed by atoms with van der Waals surface area (Å²) in [5.74, 6) is 0.265. The summed E-state index contributed by atoms with van der Waals surface area (Å²) in [7, 11) is 1.75. The standard InChI is InChI=1S/C16H18N4O2S2/c1-8(2)14-19-10(6-23-14)5-20(4)16(22)12-9(3)11-13(21)17-7-18-15(11)24-12/h6-8H,5H2,1-4H3,(H,17,18,21). The highest BCUT2D eigenvalue weighted by molar-refractivity contribution is 7.20. The van der Waals surface area contributed by atoms with Gasteiger partial charge in [0.25, 0.3) is 11.5 Å². The van der Waals surface area contributed by atoms with Gasteiger partial charge in [-0.2, -0.15) is 0 Å². The molecule has 0 aliphatic heterocycles. The molecule has 0 spiro atoms. The Balaban J connectivity index is 1.87. The molecule has 126 valence electrons. The monoisotopic (exact) mass is 362 g/mol. The van der Waals surface area contributed by atoms with Crippen LogP contribution in [0.4, 0.5) is 0 Å². The second-order valence-corrected chi connectivity index (χ2v) is 7.85. The molecule has 8 heteroatoms. The molecule has 0 aromatic carbocycles. The van der Waals surface area contributed by atoms with Crippen LogP contribution in [-0.4, -0.2) is 32.8 Å². The summed E-state index contributed by atoms with van der Waals surface area (Å²) in [6.07, 6.45) is 1.36. The number of aryl methyl sites for hydroxylation is 1. The Hall–Kier alpha value is -2.06. The molecular weight excluding hydrogens is 344 g/mol. The minimum absolute atomic E-state index is 0.117. The largest absolute Gasteiger partial charge is 0.335 e. The zero-order valence-corrected chi connectivity index (χ0v) is 15.5. The number of fused-ring (bicyclic) bond motifs is 1. The summed E-state index contributed by atoms with van der Waals surface area (Å²) in [5.41, 5.74) is 1.35. The number of rotatable bonds is 4. The average Bonchev–Trinajstić information content (AvgIpc) is 3.12. The van der Waals surface area contributed by atoms with Crippen molar-refractivity contribution < 1.29 is 4.79 Å². The number of aromatic amines is 1. The molecule has 0 bridgehead atoms. The summed E-state index contributed by atoms with van der Waals surface area (Å²) < 4.78 is 0. The quantitative estimate of drug-likeness (QED) is 0.773. The van der Waals surface area contributed by atoms with Crippen molar-refractivity contribution in [2.24, 2.45) is 0 Å². The van der Waals surface area contributed by atoms with E-state index >= 15 is 0 Å². The molecule has 1 N–H and O–H groups in total. The van der Waals surface area contributed by atoms with Gasteiger partial charge < -0.3 is 9.88 Å². The van der Waals surface area contributed by atoms with Gasteiger partial charge in [0.2, 0.25) is 0 Å². The molecule has 0 fully saturated rings. The number of hydrogen-bond acceptors (Lipinski definition) is 6. The fourth-order valence-electron chi connectivity index (χ4n) is 2.43. The van der Waals surface area contributed by atoms with E-state index in [1.807, 2.05) is 5.38 Å². The molecule has 0 aliphatic carbocycles. The first-order valence-corrected chi connectivity index (χ1v) is 9.24. The van der Waals surface area contributed by atoms with Crippen molar-refractivity contribution >= 4 is 38.8 Å². The Morgan fingerprint density at radius 1 is 1.42 bits per heavy atom. The SMILES string of the molecule is Cc1c(C(=O)N(C)Cc2csc(C(C)C)n2)sc2nc[nH]c(=O)c12. The van der Waals surface area contributed by atoms with Crippen molar-refractivity contribution in [2.75, 3.05) is 7.05 Å². The van der Waals surface area contributed by atoms with Crippen LogP contribution in [0.2, 0.25) is 0 Å². The Bertz CT molecular complexity index is 955. The predicted molar refractivity (Wildman–Crippen MR) is 97.0 cm³/mol. The van der Waals surface area contributed by atoms with Gasteiger partial charge >= 0.3 is 0 Å². The fraction of sp³-hybridized carbons (Fsp3) is 0.375. The number of amides is 1. The molecular formula is C16H18N4O2S2.